The van der Waals surface area contributed by atoms with E-state index in [1.165, 1.54) is 32.1 Å². The second-order valence-corrected chi connectivity index (χ2v) is 4.48. The zero-order valence-electron chi connectivity index (χ0n) is 10.3. The van der Waals surface area contributed by atoms with Gasteiger partial charge < -0.3 is 20.9 Å². The lowest BCUT2D eigenvalue weighted by Gasteiger charge is -2.04. The van der Waals surface area contributed by atoms with Gasteiger partial charge in [0, 0.05) is 0 Å². The van der Waals surface area contributed by atoms with Gasteiger partial charge in [0.1, 0.15) is 6.04 Å². The van der Waals surface area contributed by atoms with Crippen molar-refractivity contribution in [2.75, 3.05) is 0 Å². The summed E-state index contributed by atoms with van der Waals surface area (Å²) in [6.45, 7) is 0. The molecule has 1 saturated carbocycles. The van der Waals surface area contributed by atoms with E-state index in [0.717, 1.165) is 0 Å². The highest BCUT2D eigenvalue weighted by Gasteiger charge is 2.11. The van der Waals surface area contributed by atoms with Gasteiger partial charge in [-0.3, -0.25) is 4.79 Å². The summed E-state index contributed by atoms with van der Waals surface area (Å²) >= 11 is 0. The fourth-order valence-electron chi connectivity index (χ4n) is 1.70. The van der Waals surface area contributed by atoms with E-state index in [2.05, 4.69) is 0 Å². The summed E-state index contributed by atoms with van der Waals surface area (Å²) in [4.78, 5) is 10.2. The summed E-state index contributed by atoms with van der Waals surface area (Å²) in [5, 5.41) is 25.2. The Morgan fingerprint density at radius 3 is 1.94 bits per heavy atom. The lowest BCUT2D eigenvalue weighted by molar-refractivity contribution is -0.138. The molecule has 1 unspecified atom stereocenters. The maximum atomic E-state index is 10.2. The van der Waals surface area contributed by atoms with E-state index in [1.807, 2.05) is 0 Å². The summed E-state index contributed by atoms with van der Waals surface area (Å²) in [5.41, 5.74) is 5.21. The molecule has 0 saturated heterocycles. The Hall–Kier alpha value is -0.585. The van der Waals surface area contributed by atoms with E-state index < -0.39 is 19.1 Å². The van der Waals surface area contributed by atoms with E-state index in [4.69, 9.17) is 20.9 Å². The third kappa shape index (κ3) is 11.7. The molecule has 6 heteroatoms. The predicted molar refractivity (Wildman–Crippen MR) is 67.5 cm³/mol. The molecule has 0 aromatic rings. The molecule has 17 heavy (non-hydrogen) atoms. The van der Waals surface area contributed by atoms with Crippen LogP contribution in [0.3, 0.4) is 0 Å². The molecule has 100 valence electrons. The van der Waals surface area contributed by atoms with Crippen molar-refractivity contribution in [1.29, 1.82) is 0 Å². The molecule has 1 aliphatic rings. The number of carbonyl (C=O) groups is 1. The summed E-state index contributed by atoms with van der Waals surface area (Å²) in [7, 11) is -1.30. The molecule has 0 radical (unpaired) electrons. The van der Waals surface area contributed by atoms with Gasteiger partial charge >= 0.3 is 13.1 Å². The van der Waals surface area contributed by atoms with Crippen molar-refractivity contribution in [3.8, 4) is 0 Å². The zero-order valence-corrected chi connectivity index (χ0v) is 10.3. The zero-order chi connectivity index (χ0) is 13.1. The second-order valence-electron chi connectivity index (χ2n) is 4.48. The summed E-state index contributed by atoms with van der Waals surface area (Å²) in [6, 6.07) is -0.833. The van der Waals surface area contributed by atoms with Crippen LogP contribution in [0.2, 0.25) is 6.32 Å². The number of aliphatic carboxylic acids is 1. The largest absolute Gasteiger partial charge is 0.480 e. The van der Waals surface area contributed by atoms with Crippen LogP contribution in [0.5, 0.6) is 0 Å². The van der Waals surface area contributed by atoms with Gasteiger partial charge in [-0.2, -0.15) is 0 Å². The smallest absolute Gasteiger partial charge is 0.451 e. The van der Waals surface area contributed by atoms with Crippen molar-refractivity contribution >= 4 is 13.1 Å². The van der Waals surface area contributed by atoms with Crippen LogP contribution < -0.4 is 5.73 Å². The summed E-state index contributed by atoms with van der Waals surface area (Å²) in [5.74, 6) is -1.01. The van der Waals surface area contributed by atoms with Gasteiger partial charge in [0.05, 0.1) is 0 Å². The molecule has 1 atom stereocenters. The van der Waals surface area contributed by atoms with Crippen LogP contribution in [0.1, 0.15) is 51.4 Å². The van der Waals surface area contributed by atoms with Crippen LogP contribution >= 0.6 is 0 Å². The molecule has 0 amide bonds. The Labute approximate surface area is 103 Å². The van der Waals surface area contributed by atoms with Gasteiger partial charge in [0.2, 0.25) is 0 Å². The fourth-order valence-corrected chi connectivity index (χ4v) is 1.70. The SMILES string of the molecule is C1CCCC1.NC(CCCCB(O)O)C(=O)O. The topological polar surface area (TPSA) is 104 Å². The van der Waals surface area contributed by atoms with Crippen LogP contribution in [0, 0.1) is 0 Å². The fraction of sp³-hybridized carbons (Fsp3) is 0.909. The minimum absolute atomic E-state index is 0.270. The number of carboxylic acid groups (broad SMARTS) is 1. The number of nitrogens with two attached hydrogens (primary N) is 1. The van der Waals surface area contributed by atoms with Crippen molar-refractivity contribution < 1.29 is 19.9 Å². The standard InChI is InChI=1S/C6H14BNO4.C5H10/c8-5(6(9)10)3-1-2-4-7(11)12;1-2-4-5-3-1/h5,11-12H,1-4,8H2,(H,9,10);1-5H2. The normalized spacial score (nSPS) is 15.9. The minimum atomic E-state index is -1.30. The van der Waals surface area contributed by atoms with Gasteiger partial charge in [-0.15, -0.1) is 0 Å². The highest BCUT2D eigenvalue weighted by Crippen LogP contribution is 2.15. The molecular weight excluding hydrogens is 221 g/mol. The quantitative estimate of drug-likeness (QED) is 0.412. The molecule has 1 aliphatic carbocycles. The lowest BCUT2D eigenvalue weighted by Crippen LogP contribution is -2.29. The van der Waals surface area contributed by atoms with E-state index >= 15 is 0 Å². The van der Waals surface area contributed by atoms with Crippen LogP contribution in [0.25, 0.3) is 0 Å². The van der Waals surface area contributed by atoms with Crippen LogP contribution in [-0.4, -0.2) is 34.3 Å². The van der Waals surface area contributed by atoms with Crippen molar-refractivity contribution in [3.63, 3.8) is 0 Å². The first-order valence-corrected chi connectivity index (χ1v) is 6.38. The van der Waals surface area contributed by atoms with Gasteiger partial charge in [0.25, 0.3) is 0 Å². The van der Waals surface area contributed by atoms with Gasteiger partial charge in [-0.25, -0.2) is 0 Å². The maximum Gasteiger partial charge on any atom is 0.451 e. The number of carboxylic acids is 1. The first-order valence-electron chi connectivity index (χ1n) is 6.38. The van der Waals surface area contributed by atoms with E-state index in [0.29, 0.717) is 19.3 Å². The molecule has 0 heterocycles. The molecule has 0 aliphatic heterocycles. The van der Waals surface area contributed by atoms with Crippen molar-refractivity contribution in [1.82, 2.24) is 0 Å². The Kier molecular flexibility index (Phi) is 10.2. The lowest BCUT2D eigenvalue weighted by atomic mass is 9.83. The van der Waals surface area contributed by atoms with Gasteiger partial charge in [-0.1, -0.05) is 44.9 Å². The highest BCUT2D eigenvalue weighted by molar-refractivity contribution is 6.40. The van der Waals surface area contributed by atoms with Crippen LogP contribution in [0.15, 0.2) is 0 Å². The summed E-state index contributed by atoms with van der Waals surface area (Å²) < 4.78 is 0. The third-order valence-corrected chi connectivity index (χ3v) is 2.79. The Balaban J connectivity index is 0.000000419. The van der Waals surface area contributed by atoms with Crippen molar-refractivity contribution in [2.45, 2.75) is 63.7 Å². The second kappa shape index (κ2) is 10.6. The van der Waals surface area contributed by atoms with Gasteiger partial charge in [0.15, 0.2) is 0 Å². The molecule has 1 fully saturated rings. The third-order valence-electron chi connectivity index (χ3n) is 2.79. The monoisotopic (exact) mass is 245 g/mol. The Morgan fingerprint density at radius 2 is 1.59 bits per heavy atom. The van der Waals surface area contributed by atoms with E-state index in [1.54, 1.807) is 0 Å². The van der Waals surface area contributed by atoms with Crippen molar-refractivity contribution in [2.24, 2.45) is 5.73 Å². The molecule has 5 N–H and O–H groups in total. The molecule has 0 aromatic carbocycles. The first-order chi connectivity index (χ1) is 8.04. The number of unbranched alkanes of at least 4 members (excludes halogenated alkanes) is 1. The average Bonchev–Trinajstić information content (AvgIpc) is 2.82. The highest BCUT2D eigenvalue weighted by atomic mass is 16.4. The van der Waals surface area contributed by atoms with Gasteiger partial charge in [-0.05, 0) is 12.7 Å². The Morgan fingerprint density at radius 1 is 1.12 bits per heavy atom. The van der Waals surface area contributed by atoms with Crippen LogP contribution in [-0.2, 0) is 4.79 Å². The molecule has 0 bridgehead atoms. The number of hydrogen-bond donors (Lipinski definition) is 4. The molecular formula is C11H24BNO4. The average molecular weight is 245 g/mol. The predicted octanol–water partition coefficient (Wildman–Crippen LogP) is 0.992. The first kappa shape index (κ1) is 16.4. The van der Waals surface area contributed by atoms with Crippen molar-refractivity contribution in [3.05, 3.63) is 0 Å². The van der Waals surface area contributed by atoms with E-state index in [9.17, 15) is 4.79 Å². The van der Waals surface area contributed by atoms with E-state index in [-0.39, 0.29) is 6.32 Å². The molecule has 0 spiro atoms. The maximum absolute atomic E-state index is 10.2. The Bertz CT molecular complexity index is 190. The number of rotatable bonds is 6. The minimum Gasteiger partial charge on any atom is -0.480 e. The van der Waals surface area contributed by atoms with Crippen LogP contribution in [0.4, 0.5) is 0 Å². The number of hydrogen-bond acceptors (Lipinski definition) is 4. The summed E-state index contributed by atoms with van der Waals surface area (Å²) in [6.07, 6.45) is 9.33. The molecule has 0 aromatic heterocycles. The molecule has 5 nitrogen and oxygen atoms in total. The molecule has 1 rings (SSSR count).